The summed E-state index contributed by atoms with van der Waals surface area (Å²) < 4.78 is 5.70. The average Bonchev–Trinajstić information content (AvgIpc) is 3.19. The van der Waals surface area contributed by atoms with E-state index in [1.54, 1.807) is 0 Å². The number of aromatic nitrogens is 1. The number of piperidine rings is 1. The fourth-order valence-electron chi connectivity index (χ4n) is 4.73. The molecule has 0 spiro atoms. The molecule has 1 amide bonds. The number of anilines is 1. The van der Waals surface area contributed by atoms with Crippen molar-refractivity contribution in [2.75, 3.05) is 25.5 Å². The number of fused-ring (bicyclic) bond motifs is 1. The normalized spacial score (nSPS) is 21.1. The van der Waals surface area contributed by atoms with E-state index in [2.05, 4.69) is 39.1 Å². The lowest BCUT2D eigenvalue weighted by Crippen LogP contribution is -2.57. The summed E-state index contributed by atoms with van der Waals surface area (Å²) in [5.74, 6) is 1.26. The maximum absolute atomic E-state index is 13.4. The molecule has 1 aromatic heterocycles. The predicted molar refractivity (Wildman–Crippen MR) is 121 cm³/mol. The first kappa shape index (κ1) is 21.1. The maximum atomic E-state index is 13.4. The number of hydrogen-bond acceptors (Lipinski definition) is 6. The van der Waals surface area contributed by atoms with Gasteiger partial charge in [0.1, 0.15) is 17.4 Å². The summed E-state index contributed by atoms with van der Waals surface area (Å²) in [5, 5.41) is 17.5. The number of nitriles is 1. The van der Waals surface area contributed by atoms with Crippen molar-refractivity contribution < 1.29 is 4.79 Å². The summed E-state index contributed by atoms with van der Waals surface area (Å²) in [6.45, 7) is 1.65. The molecule has 2 aliphatic rings. The topological polar surface area (TPSA) is 81.0 Å². The predicted octanol–water partition coefficient (Wildman–Crippen LogP) is 4.15. The van der Waals surface area contributed by atoms with Crippen molar-refractivity contribution in [1.82, 2.24) is 14.6 Å². The summed E-state index contributed by atoms with van der Waals surface area (Å²) in [7, 11) is 2.06. The summed E-state index contributed by atoms with van der Waals surface area (Å²) in [6.07, 6.45) is 8.26. The van der Waals surface area contributed by atoms with Crippen molar-refractivity contribution in [3.05, 3.63) is 24.3 Å². The van der Waals surface area contributed by atoms with Crippen LogP contribution in [0.25, 0.3) is 10.1 Å². The molecule has 1 aromatic carbocycles. The average molecular weight is 426 g/mol. The number of nitrogens with zero attached hydrogens (tertiary/aromatic N) is 3. The number of amides is 1. The number of likely N-dealkylation sites (tertiary alicyclic amines) is 1. The third kappa shape index (κ3) is 4.76. The minimum Gasteiger partial charge on any atom is -0.357 e. The van der Waals surface area contributed by atoms with Crippen LogP contribution >= 0.6 is 11.5 Å². The summed E-state index contributed by atoms with van der Waals surface area (Å²) in [4.78, 5) is 15.6. The molecule has 160 valence electrons. The Balaban J connectivity index is 1.53. The number of nitrogens with one attached hydrogen (secondary N) is 2. The van der Waals surface area contributed by atoms with E-state index in [4.69, 9.17) is 0 Å². The van der Waals surface area contributed by atoms with Crippen LogP contribution in [-0.4, -0.2) is 46.9 Å². The Morgan fingerprint density at radius 3 is 2.77 bits per heavy atom. The molecule has 1 unspecified atom stereocenters. The lowest BCUT2D eigenvalue weighted by molar-refractivity contribution is -0.124. The Bertz CT molecular complexity index is 906. The Morgan fingerprint density at radius 1 is 1.30 bits per heavy atom. The van der Waals surface area contributed by atoms with E-state index >= 15 is 0 Å². The van der Waals surface area contributed by atoms with Gasteiger partial charge in [0.05, 0.1) is 10.8 Å². The highest BCUT2D eigenvalue weighted by atomic mass is 32.1. The molecule has 6 nitrogen and oxygen atoms in total. The zero-order chi connectivity index (χ0) is 21.0. The van der Waals surface area contributed by atoms with Crippen LogP contribution in [0, 0.1) is 17.2 Å². The van der Waals surface area contributed by atoms with Crippen LogP contribution in [-0.2, 0) is 4.79 Å². The van der Waals surface area contributed by atoms with Crippen molar-refractivity contribution in [2.24, 2.45) is 5.92 Å². The molecular formula is C23H31N5OS. The first-order valence-electron chi connectivity index (χ1n) is 11.1. The van der Waals surface area contributed by atoms with Gasteiger partial charge in [0.2, 0.25) is 5.91 Å². The second kappa shape index (κ2) is 9.32. The number of benzene rings is 1. The van der Waals surface area contributed by atoms with E-state index in [1.807, 2.05) is 18.2 Å². The van der Waals surface area contributed by atoms with Gasteiger partial charge >= 0.3 is 0 Å². The fraction of sp³-hybridized carbons (Fsp3) is 0.609. The van der Waals surface area contributed by atoms with Gasteiger partial charge < -0.3 is 15.5 Å². The molecule has 7 heteroatoms. The minimum atomic E-state index is -0.764. The molecule has 0 radical (unpaired) electrons. The van der Waals surface area contributed by atoms with Gasteiger partial charge in [-0.3, -0.25) is 4.79 Å². The molecule has 2 aromatic rings. The van der Waals surface area contributed by atoms with Crippen LogP contribution < -0.4 is 10.6 Å². The van der Waals surface area contributed by atoms with E-state index in [9.17, 15) is 10.1 Å². The van der Waals surface area contributed by atoms with Gasteiger partial charge in [-0.25, -0.2) is 0 Å². The molecule has 1 saturated carbocycles. The number of carbonyl (C=O) groups is 1. The molecule has 30 heavy (non-hydrogen) atoms. The minimum absolute atomic E-state index is 0.0660. The standard InChI is InChI=1S/C23H31N5OS/c1-28-13-11-23(16-24,12-14-28)26-22(29)19(15-17-7-3-2-4-8-17)25-21-18-9-5-6-10-20(18)30-27-21/h5-6,9-10,17,19H,2-4,7-8,11-15H2,1H3,(H,25,27)(H,26,29). The van der Waals surface area contributed by atoms with E-state index in [1.165, 1.54) is 43.6 Å². The lowest BCUT2D eigenvalue weighted by Gasteiger charge is -2.37. The largest absolute Gasteiger partial charge is 0.357 e. The Hall–Kier alpha value is -2.17. The van der Waals surface area contributed by atoms with Crippen LogP contribution in [0.15, 0.2) is 24.3 Å². The fourth-order valence-corrected chi connectivity index (χ4v) is 5.47. The van der Waals surface area contributed by atoms with Crippen molar-refractivity contribution in [3.8, 4) is 6.07 Å². The quantitative estimate of drug-likeness (QED) is 0.727. The summed E-state index contributed by atoms with van der Waals surface area (Å²) in [6, 6.07) is 10.2. The van der Waals surface area contributed by atoms with Crippen molar-refractivity contribution in [2.45, 2.75) is 62.9 Å². The van der Waals surface area contributed by atoms with Gasteiger partial charge in [0, 0.05) is 18.5 Å². The van der Waals surface area contributed by atoms with Gasteiger partial charge in [0.25, 0.3) is 0 Å². The third-order valence-corrected chi connectivity index (χ3v) is 7.54. The van der Waals surface area contributed by atoms with E-state index in [0.29, 0.717) is 18.8 Å². The molecular weight excluding hydrogens is 394 g/mol. The highest BCUT2D eigenvalue weighted by Crippen LogP contribution is 2.31. The molecule has 2 heterocycles. The Kier molecular flexibility index (Phi) is 6.55. The maximum Gasteiger partial charge on any atom is 0.243 e. The zero-order valence-corrected chi connectivity index (χ0v) is 18.5. The van der Waals surface area contributed by atoms with Gasteiger partial charge in [-0.2, -0.15) is 9.64 Å². The monoisotopic (exact) mass is 425 g/mol. The highest BCUT2D eigenvalue weighted by molar-refractivity contribution is 7.13. The molecule has 1 aliphatic heterocycles. The SMILES string of the molecule is CN1CCC(C#N)(NC(=O)C(CC2CCCCC2)Nc2nsc3ccccc23)CC1. The first-order valence-corrected chi connectivity index (χ1v) is 11.9. The zero-order valence-electron chi connectivity index (χ0n) is 17.7. The van der Waals surface area contributed by atoms with Crippen LogP contribution in [0.2, 0.25) is 0 Å². The molecule has 1 aliphatic carbocycles. The molecule has 1 saturated heterocycles. The van der Waals surface area contributed by atoms with Gasteiger partial charge in [-0.1, -0.05) is 44.2 Å². The van der Waals surface area contributed by atoms with Gasteiger partial charge in [-0.15, -0.1) is 0 Å². The van der Waals surface area contributed by atoms with Gasteiger partial charge in [0.15, 0.2) is 0 Å². The molecule has 2 fully saturated rings. The molecule has 1 atom stereocenters. The third-order valence-electron chi connectivity index (χ3n) is 6.72. The number of hydrogen-bond donors (Lipinski definition) is 2. The van der Waals surface area contributed by atoms with E-state index < -0.39 is 5.54 Å². The summed E-state index contributed by atoms with van der Waals surface area (Å²) >= 11 is 1.45. The Labute approximate surface area is 182 Å². The number of carbonyl (C=O) groups excluding carboxylic acids is 1. The van der Waals surface area contributed by atoms with Crippen LogP contribution in [0.5, 0.6) is 0 Å². The summed E-state index contributed by atoms with van der Waals surface area (Å²) in [5.41, 5.74) is -0.764. The molecule has 0 bridgehead atoms. The lowest BCUT2D eigenvalue weighted by atomic mass is 9.84. The number of rotatable bonds is 6. The van der Waals surface area contributed by atoms with Gasteiger partial charge in [-0.05, 0) is 55.9 Å². The van der Waals surface area contributed by atoms with Crippen molar-refractivity contribution in [3.63, 3.8) is 0 Å². The van der Waals surface area contributed by atoms with Crippen molar-refractivity contribution >= 4 is 33.3 Å². The highest BCUT2D eigenvalue weighted by Gasteiger charge is 2.37. The van der Waals surface area contributed by atoms with E-state index in [-0.39, 0.29) is 11.9 Å². The second-order valence-electron chi connectivity index (χ2n) is 8.95. The van der Waals surface area contributed by atoms with E-state index in [0.717, 1.165) is 35.4 Å². The second-order valence-corrected chi connectivity index (χ2v) is 9.76. The smallest absolute Gasteiger partial charge is 0.243 e. The van der Waals surface area contributed by atoms with Crippen LogP contribution in [0.1, 0.15) is 51.4 Å². The molecule has 4 rings (SSSR count). The van der Waals surface area contributed by atoms with Crippen LogP contribution in [0.4, 0.5) is 5.82 Å². The molecule has 2 N–H and O–H groups in total. The Morgan fingerprint density at radius 2 is 2.03 bits per heavy atom. The van der Waals surface area contributed by atoms with Crippen molar-refractivity contribution in [1.29, 1.82) is 5.26 Å². The van der Waals surface area contributed by atoms with Crippen LogP contribution in [0.3, 0.4) is 0 Å². The first-order chi connectivity index (χ1) is 14.6.